The molecule has 0 unspecified atom stereocenters. The summed E-state index contributed by atoms with van der Waals surface area (Å²) in [4.78, 5) is 13.8. The smallest absolute Gasteiger partial charge is 0.253 e. The minimum absolute atomic E-state index is 0.0599. The molecule has 1 aromatic carbocycles. The number of anilines is 1. The Kier molecular flexibility index (Phi) is 5.49. The summed E-state index contributed by atoms with van der Waals surface area (Å²) in [6.45, 7) is 2.96. The Balaban J connectivity index is 2.55. The van der Waals surface area contributed by atoms with Gasteiger partial charge in [-0.1, -0.05) is 19.8 Å². The molecule has 3 N–H and O–H groups in total. The fourth-order valence-corrected chi connectivity index (χ4v) is 1.63. The molecule has 4 heteroatoms. The van der Waals surface area contributed by atoms with Gasteiger partial charge in [-0.3, -0.25) is 10.6 Å². The quantitative estimate of drug-likeness (QED) is 0.451. The number of rotatable bonds is 6. The van der Waals surface area contributed by atoms with Gasteiger partial charge >= 0.3 is 0 Å². The number of hydrazine groups is 1. The molecule has 0 saturated heterocycles. The maximum atomic E-state index is 12.0. The average molecular weight is 235 g/mol. The fraction of sp³-hybridized carbons (Fsp3) is 0.462. The molecule has 4 nitrogen and oxygen atoms in total. The van der Waals surface area contributed by atoms with Crippen LogP contribution in [0.1, 0.15) is 36.5 Å². The van der Waals surface area contributed by atoms with Crippen LogP contribution in [0.4, 0.5) is 5.69 Å². The standard InChI is InChI=1S/C13H21N3O/c1-3-4-5-10-16(2)13(17)11-6-8-12(15-14)9-7-11/h6-9,15H,3-5,10,14H2,1-2H3. The second kappa shape index (κ2) is 6.91. The lowest BCUT2D eigenvalue weighted by Gasteiger charge is -2.17. The largest absolute Gasteiger partial charge is 0.342 e. The molecule has 1 aromatic rings. The third-order valence-corrected chi connectivity index (χ3v) is 2.74. The number of unbranched alkanes of at least 4 members (excludes halogenated alkanes) is 2. The lowest BCUT2D eigenvalue weighted by molar-refractivity contribution is 0.0792. The van der Waals surface area contributed by atoms with Gasteiger partial charge in [0.15, 0.2) is 0 Å². The van der Waals surface area contributed by atoms with E-state index in [1.807, 2.05) is 7.05 Å². The molecular weight excluding hydrogens is 214 g/mol. The molecule has 1 amide bonds. The Labute approximate surface area is 103 Å². The number of nitrogens with zero attached hydrogens (tertiary/aromatic N) is 1. The van der Waals surface area contributed by atoms with Crippen LogP contribution in [0.5, 0.6) is 0 Å². The summed E-state index contributed by atoms with van der Waals surface area (Å²) in [6.07, 6.45) is 3.38. The zero-order valence-electron chi connectivity index (χ0n) is 10.6. The van der Waals surface area contributed by atoms with Gasteiger partial charge in [0.1, 0.15) is 0 Å². The monoisotopic (exact) mass is 235 g/mol. The van der Waals surface area contributed by atoms with Crippen molar-refractivity contribution in [1.29, 1.82) is 0 Å². The number of carbonyl (C=O) groups excluding carboxylic acids is 1. The molecule has 0 atom stereocenters. The Morgan fingerprint density at radius 3 is 2.47 bits per heavy atom. The van der Waals surface area contributed by atoms with E-state index in [9.17, 15) is 4.79 Å². The molecule has 0 aromatic heterocycles. The molecule has 0 heterocycles. The molecule has 0 spiro atoms. The highest BCUT2D eigenvalue weighted by Gasteiger charge is 2.10. The van der Waals surface area contributed by atoms with Gasteiger partial charge in [-0.05, 0) is 30.7 Å². The molecule has 0 aliphatic carbocycles. The van der Waals surface area contributed by atoms with Crippen molar-refractivity contribution in [3.8, 4) is 0 Å². The van der Waals surface area contributed by atoms with Crippen molar-refractivity contribution in [1.82, 2.24) is 4.90 Å². The number of benzene rings is 1. The fourth-order valence-electron chi connectivity index (χ4n) is 1.63. The molecule has 0 fully saturated rings. The first kappa shape index (κ1) is 13.5. The van der Waals surface area contributed by atoms with Crippen molar-refractivity contribution >= 4 is 11.6 Å². The van der Waals surface area contributed by atoms with Crippen LogP contribution in [0.25, 0.3) is 0 Å². The molecule has 1 rings (SSSR count). The number of hydrogen-bond acceptors (Lipinski definition) is 3. The van der Waals surface area contributed by atoms with Crippen LogP contribution in [0.2, 0.25) is 0 Å². The second-order valence-corrected chi connectivity index (χ2v) is 4.16. The minimum atomic E-state index is 0.0599. The summed E-state index contributed by atoms with van der Waals surface area (Å²) in [6, 6.07) is 7.17. The number of nitrogen functional groups attached to an aromatic ring is 1. The van der Waals surface area contributed by atoms with Crippen molar-refractivity contribution in [3.63, 3.8) is 0 Å². The van der Waals surface area contributed by atoms with E-state index in [0.29, 0.717) is 5.56 Å². The first-order valence-corrected chi connectivity index (χ1v) is 6.01. The zero-order chi connectivity index (χ0) is 12.7. The lowest BCUT2D eigenvalue weighted by Crippen LogP contribution is -2.27. The number of carbonyl (C=O) groups is 1. The Bertz CT molecular complexity index is 348. The molecule has 0 bridgehead atoms. The molecule has 94 valence electrons. The van der Waals surface area contributed by atoms with E-state index in [0.717, 1.165) is 25.1 Å². The average Bonchev–Trinajstić information content (AvgIpc) is 2.38. The summed E-state index contributed by atoms with van der Waals surface area (Å²) in [7, 11) is 1.84. The van der Waals surface area contributed by atoms with Gasteiger partial charge in [0, 0.05) is 24.8 Å². The van der Waals surface area contributed by atoms with E-state index in [2.05, 4.69) is 12.3 Å². The molecule has 0 aliphatic rings. The first-order chi connectivity index (χ1) is 8.19. The maximum Gasteiger partial charge on any atom is 0.253 e. The van der Waals surface area contributed by atoms with Crippen molar-refractivity contribution < 1.29 is 4.79 Å². The Hall–Kier alpha value is -1.55. The predicted octanol–water partition coefficient (Wildman–Crippen LogP) is 2.23. The Morgan fingerprint density at radius 2 is 1.94 bits per heavy atom. The van der Waals surface area contributed by atoms with E-state index in [4.69, 9.17) is 5.84 Å². The summed E-state index contributed by atoms with van der Waals surface area (Å²) in [5, 5.41) is 0. The van der Waals surface area contributed by atoms with Crippen LogP contribution >= 0.6 is 0 Å². The lowest BCUT2D eigenvalue weighted by atomic mass is 10.1. The van der Waals surface area contributed by atoms with Gasteiger partial charge in [0.25, 0.3) is 5.91 Å². The van der Waals surface area contributed by atoms with Crippen LogP contribution < -0.4 is 11.3 Å². The van der Waals surface area contributed by atoms with Crippen molar-refractivity contribution in [2.75, 3.05) is 19.0 Å². The third-order valence-electron chi connectivity index (χ3n) is 2.74. The number of amides is 1. The van der Waals surface area contributed by atoms with Gasteiger partial charge in [-0.2, -0.15) is 0 Å². The highest BCUT2D eigenvalue weighted by molar-refractivity contribution is 5.94. The highest BCUT2D eigenvalue weighted by atomic mass is 16.2. The van der Waals surface area contributed by atoms with E-state index >= 15 is 0 Å². The summed E-state index contributed by atoms with van der Waals surface area (Å²) >= 11 is 0. The normalized spacial score (nSPS) is 10.1. The van der Waals surface area contributed by atoms with E-state index in [-0.39, 0.29) is 5.91 Å². The zero-order valence-corrected chi connectivity index (χ0v) is 10.6. The number of hydrogen-bond donors (Lipinski definition) is 2. The SMILES string of the molecule is CCCCCN(C)C(=O)c1ccc(NN)cc1. The van der Waals surface area contributed by atoms with Crippen LogP contribution in [0, 0.1) is 0 Å². The third kappa shape index (κ3) is 4.07. The molecule has 17 heavy (non-hydrogen) atoms. The Morgan fingerprint density at radius 1 is 1.29 bits per heavy atom. The minimum Gasteiger partial charge on any atom is -0.342 e. The summed E-state index contributed by atoms with van der Waals surface area (Å²) in [5.41, 5.74) is 4.04. The first-order valence-electron chi connectivity index (χ1n) is 6.01. The molecule has 0 saturated carbocycles. The van der Waals surface area contributed by atoms with Crippen molar-refractivity contribution in [2.24, 2.45) is 5.84 Å². The van der Waals surface area contributed by atoms with Crippen LogP contribution in [-0.4, -0.2) is 24.4 Å². The number of nitrogens with one attached hydrogen (secondary N) is 1. The predicted molar refractivity (Wildman–Crippen MR) is 70.7 cm³/mol. The van der Waals surface area contributed by atoms with E-state index in [1.165, 1.54) is 6.42 Å². The van der Waals surface area contributed by atoms with Gasteiger partial charge in [-0.15, -0.1) is 0 Å². The maximum absolute atomic E-state index is 12.0. The van der Waals surface area contributed by atoms with Crippen molar-refractivity contribution in [3.05, 3.63) is 29.8 Å². The summed E-state index contributed by atoms with van der Waals surface area (Å²) < 4.78 is 0. The molecule has 0 aliphatic heterocycles. The molecule has 0 radical (unpaired) electrons. The van der Waals surface area contributed by atoms with Gasteiger partial charge in [-0.25, -0.2) is 0 Å². The van der Waals surface area contributed by atoms with E-state index in [1.54, 1.807) is 29.2 Å². The van der Waals surface area contributed by atoms with Crippen molar-refractivity contribution in [2.45, 2.75) is 26.2 Å². The van der Waals surface area contributed by atoms with Gasteiger partial charge in [0.05, 0.1) is 0 Å². The van der Waals surface area contributed by atoms with Crippen LogP contribution in [-0.2, 0) is 0 Å². The highest BCUT2D eigenvalue weighted by Crippen LogP contribution is 2.10. The van der Waals surface area contributed by atoms with Crippen LogP contribution in [0.3, 0.4) is 0 Å². The topological polar surface area (TPSA) is 58.4 Å². The second-order valence-electron chi connectivity index (χ2n) is 4.16. The van der Waals surface area contributed by atoms with Crippen LogP contribution in [0.15, 0.2) is 24.3 Å². The van der Waals surface area contributed by atoms with Gasteiger partial charge in [0.2, 0.25) is 0 Å². The van der Waals surface area contributed by atoms with Gasteiger partial charge < -0.3 is 10.3 Å². The summed E-state index contributed by atoms with van der Waals surface area (Å²) in [5.74, 6) is 5.33. The molecular formula is C13H21N3O. The van der Waals surface area contributed by atoms with E-state index < -0.39 is 0 Å². The number of nitrogens with two attached hydrogens (primary N) is 1.